The third-order valence-electron chi connectivity index (χ3n) is 3.11. The lowest BCUT2D eigenvalue weighted by Crippen LogP contribution is -2.28. The summed E-state index contributed by atoms with van der Waals surface area (Å²) in [7, 11) is 0. The zero-order valence-corrected chi connectivity index (χ0v) is 11.2. The van der Waals surface area contributed by atoms with E-state index in [0.717, 1.165) is 6.42 Å². The van der Waals surface area contributed by atoms with Crippen molar-refractivity contribution >= 4 is 5.97 Å². The summed E-state index contributed by atoms with van der Waals surface area (Å²) in [5.74, 6) is -0.723. The molecule has 0 saturated heterocycles. The molecule has 1 N–H and O–H groups in total. The van der Waals surface area contributed by atoms with Gasteiger partial charge in [-0.1, -0.05) is 58.0 Å². The Balaban J connectivity index is 2.83. The Kier molecular flexibility index (Phi) is 3.97. The molecule has 0 atom stereocenters. The molecule has 1 rings (SSSR count). The fourth-order valence-corrected chi connectivity index (χ4v) is 2.66. The molecule has 0 aliphatic heterocycles. The summed E-state index contributed by atoms with van der Waals surface area (Å²) >= 11 is 0. The van der Waals surface area contributed by atoms with Crippen molar-refractivity contribution in [2.75, 3.05) is 0 Å². The van der Waals surface area contributed by atoms with E-state index in [1.807, 2.05) is 32.0 Å². The first kappa shape index (κ1) is 13.8. The smallest absolute Gasteiger partial charge is 0.303 e. The molecule has 94 valence electrons. The second-order valence-electron chi connectivity index (χ2n) is 6.16. The van der Waals surface area contributed by atoms with Crippen LogP contribution in [-0.2, 0) is 10.2 Å². The SMILES string of the molecule is CC(C)(CC(=O)O)CC(C)(C)c1ccccc1. The number of carboxylic acids is 1. The highest BCUT2D eigenvalue weighted by Crippen LogP contribution is 2.38. The molecule has 0 radical (unpaired) electrons. The van der Waals surface area contributed by atoms with Gasteiger partial charge in [-0.15, -0.1) is 0 Å². The number of hydrogen-bond donors (Lipinski definition) is 1. The number of hydrogen-bond acceptors (Lipinski definition) is 1. The van der Waals surface area contributed by atoms with Crippen LogP contribution in [0.15, 0.2) is 30.3 Å². The highest BCUT2D eigenvalue weighted by atomic mass is 16.4. The van der Waals surface area contributed by atoms with Crippen molar-refractivity contribution in [1.82, 2.24) is 0 Å². The minimum absolute atomic E-state index is 0.000208. The molecule has 0 aliphatic rings. The van der Waals surface area contributed by atoms with Gasteiger partial charge in [-0.05, 0) is 22.8 Å². The molecule has 0 aliphatic carbocycles. The molecule has 2 nitrogen and oxygen atoms in total. The Bertz CT molecular complexity index is 377. The number of aliphatic carboxylic acids is 1. The van der Waals surface area contributed by atoms with E-state index in [2.05, 4.69) is 26.0 Å². The number of benzene rings is 1. The van der Waals surface area contributed by atoms with E-state index in [4.69, 9.17) is 5.11 Å². The normalized spacial score (nSPS) is 12.5. The lowest BCUT2D eigenvalue weighted by Gasteiger charge is -2.34. The molecule has 1 aromatic carbocycles. The van der Waals surface area contributed by atoms with Crippen LogP contribution in [0.3, 0.4) is 0 Å². The largest absolute Gasteiger partial charge is 0.481 e. The maximum atomic E-state index is 10.8. The van der Waals surface area contributed by atoms with Gasteiger partial charge < -0.3 is 5.11 Å². The van der Waals surface area contributed by atoms with Crippen molar-refractivity contribution in [2.45, 2.75) is 46.0 Å². The summed E-state index contributed by atoms with van der Waals surface area (Å²) in [6.45, 7) is 8.38. The summed E-state index contributed by atoms with van der Waals surface area (Å²) < 4.78 is 0. The molecule has 0 spiro atoms. The third kappa shape index (κ3) is 4.22. The van der Waals surface area contributed by atoms with Gasteiger partial charge in [-0.3, -0.25) is 4.79 Å². The molecule has 0 heterocycles. The quantitative estimate of drug-likeness (QED) is 0.840. The molecule has 0 aromatic heterocycles. The van der Waals surface area contributed by atoms with Gasteiger partial charge in [0.05, 0.1) is 6.42 Å². The van der Waals surface area contributed by atoms with E-state index in [9.17, 15) is 4.79 Å². The lowest BCUT2D eigenvalue weighted by atomic mass is 9.70. The van der Waals surface area contributed by atoms with Gasteiger partial charge >= 0.3 is 5.97 Å². The topological polar surface area (TPSA) is 37.3 Å². The van der Waals surface area contributed by atoms with Crippen molar-refractivity contribution in [3.05, 3.63) is 35.9 Å². The van der Waals surface area contributed by atoms with Gasteiger partial charge in [-0.25, -0.2) is 0 Å². The maximum Gasteiger partial charge on any atom is 0.303 e. The molecule has 0 amide bonds. The average Bonchev–Trinajstić information content (AvgIpc) is 2.15. The van der Waals surface area contributed by atoms with Crippen LogP contribution in [0, 0.1) is 5.41 Å². The van der Waals surface area contributed by atoms with E-state index in [1.54, 1.807) is 0 Å². The van der Waals surface area contributed by atoms with Crippen molar-refractivity contribution in [2.24, 2.45) is 5.41 Å². The Morgan fingerprint density at radius 1 is 1.12 bits per heavy atom. The third-order valence-corrected chi connectivity index (χ3v) is 3.11. The lowest BCUT2D eigenvalue weighted by molar-refractivity contribution is -0.139. The maximum absolute atomic E-state index is 10.8. The molecule has 0 bridgehead atoms. The van der Waals surface area contributed by atoms with Gasteiger partial charge in [0.2, 0.25) is 0 Å². The van der Waals surface area contributed by atoms with Gasteiger partial charge in [0.1, 0.15) is 0 Å². The second-order valence-corrected chi connectivity index (χ2v) is 6.16. The van der Waals surface area contributed by atoms with Crippen molar-refractivity contribution in [3.63, 3.8) is 0 Å². The van der Waals surface area contributed by atoms with Crippen molar-refractivity contribution in [1.29, 1.82) is 0 Å². The molecule has 0 fully saturated rings. The fourth-order valence-electron chi connectivity index (χ4n) is 2.66. The fraction of sp³-hybridized carbons (Fsp3) is 0.533. The van der Waals surface area contributed by atoms with Crippen LogP contribution in [0.1, 0.15) is 46.1 Å². The van der Waals surface area contributed by atoms with Crippen molar-refractivity contribution in [3.8, 4) is 0 Å². The minimum atomic E-state index is -0.723. The van der Waals surface area contributed by atoms with E-state index in [0.29, 0.717) is 0 Å². The highest BCUT2D eigenvalue weighted by molar-refractivity contribution is 5.67. The first-order valence-electron chi connectivity index (χ1n) is 6.00. The summed E-state index contributed by atoms with van der Waals surface area (Å²) in [4.78, 5) is 10.8. The number of rotatable bonds is 5. The van der Waals surface area contributed by atoms with Crippen LogP contribution in [0.2, 0.25) is 0 Å². The predicted molar refractivity (Wildman–Crippen MR) is 70.1 cm³/mol. The van der Waals surface area contributed by atoms with Gasteiger partial charge in [0.15, 0.2) is 0 Å². The van der Waals surface area contributed by atoms with Crippen LogP contribution < -0.4 is 0 Å². The van der Waals surface area contributed by atoms with Crippen LogP contribution in [0.4, 0.5) is 0 Å². The zero-order valence-electron chi connectivity index (χ0n) is 11.2. The number of carbonyl (C=O) groups is 1. The van der Waals surface area contributed by atoms with E-state index in [1.165, 1.54) is 5.56 Å². The first-order valence-corrected chi connectivity index (χ1v) is 6.00. The molecular weight excluding hydrogens is 212 g/mol. The second kappa shape index (κ2) is 4.91. The molecule has 2 heteroatoms. The first-order chi connectivity index (χ1) is 7.73. The van der Waals surface area contributed by atoms with Crippen LogP contribution >= 0.6 is 0 Å². The Hall–Kier alpha value is -1.31. The summed E-state index contributed by atoms with van der Waals surface area (Å²) in [6.07, 6.45) is 1.07. The average molecular weight is 234 g/mol. The van der Waals surface area contributed by atoms with Crippen molar-refractivity contribution < 1.29 is 9.90 Å². The Labute approximate surface area is 104 Å². The summed E-state index contributed by atoms with van der Waals surface area (Å²) in [5, 5.41) is 8.92. The molecule has 17 heavy (non-hydrogen) atoms. The Morgan fingerprint density at radius 3 is 2.12 bits per heavy atom. The molecule has 0 saturated carbocycles. The van der Waals surface area contributed by atoms with E-state index >= 15 is 0 Å². The van der Waals surface area contributed by atoms with E-state index in [-0.39, 0.29) is 17.3 Å². The van der Waals surface area contributed by atoms with Crippen LogP contribution in [0.25, 0.3) is 0 Å². The zero-order chi connectivity index (χ0) is 13.1. The molecular formula is C15H22O2. The standard InChI is InChI=1S/C15H22O2/c1-14(2,10-13(16)17)11-15(3,4)12-8-6-5-7-9-12/h5-9H,10-11H2,1-4H3,(H,16,17). The molecule has 0 unspecified atom stereocenters. The van der Waals surface area contributed by atoms with E-state index < -0.39 is 5.97 Å². The Morgan fingerprint density at radius 2 is 1.65 bits per heavy atom. The summed E-state index contributed by atoms with van der Waals surface area (Å²) in [5.41, 5.74) is 1.07. The van der Waals surface area contributed by atoms with Crippen LogP contribution in [-0.4, -0.2) is 11.1 Å². The predicted octanol–water partition coefficient (Wildman–Crippen LogP) is 3.86. The minimum Gasteiger partial charge on any atom is -0.481 e. The monoisotopic (exact) mass is 234 g/mol. The van der Waals surface area contributed by atoms with Gasteiger partial charge in [0, 0.05) is 0 Å². The van der Waals surface area contributed by atoms with Crippen LogP contribution in [0.5, 0.6) is 0 Å². The van der Waals surface area contributed by atoms with Gasteiger partial charge in [0.25, 0.3) is 0 Å². The number of carboxylic acid groups (broad SMARTS) is 1. The summed E-state index contributed by atoms with van der Waals surface area (Å²) in [6, 6.07) is 10.3. The highest BCUT2D eigenvalue weighted by Gasteiger charge is 2.31. The van der Waals surface area contributed by atoms with Gasteiger partial charge in [-0.2, -0.15) is 0 Å². The molecule has 1 aromatic rings.